The second kappa shape index (κ2) is 7.87. The molecule has 2 saturated heterocycles. The van der Waals surface area contributed by atoms with Gasteiger partial charge in [-0.05, 0) is 49.9 Å². The fourth-order valence-electron chi connectivity index (χ4n) is 3.93. The highest BCUT2D eigenvalue weighted by molar-refractivity contribution is 7.89. The molecule has 29 heavy (non-hydrogen) atoms. The van der Waals surface area contributed by atoms with Crippen molar-refractivity contribution in [2.75, 3.05) is 19.6 Å². The molecule has 0 spiro atoms. The molecule has 0 unspecified atom stereocenters. The second-order valence-corrected chi connectivity index (χ2v) is 9.55. The van der Waals surface area contributed by atoms with Crippen LogP contribution in [0, 0.1) is 27.7 Å². The first-order valence-electron chi connectivity index (χ1n) is 9.72. The van der Waals surface area contributed by atoms with Crippen molar-refractivity contribution in [2.24, 2.45) is 0 Å². The molecule has 3 rings (SSSR count). The quantitative estimate of drug-likeness (QED) is 0.689. The van der Waals surface area contributed by atoms with E-state index in [1.165, 1.54) is 4.90 Å². The fraction of sp³-hybridized carbons (Fsp3) is 0.550. The number of benzene rings is 1. The zero-order valence-corrected chi connectivity index (χ0v) is 18.1. The number of sulfonamides is 1. The zero-order chi connectivity index (χ0) is 21.5. The van der Waals surface area contributed by atoms with Gasteiger partial charge in [0.15, 0.2) is 0 Å². The minimum Gasteiger partial charge on any atom is -0.338 e. The molecule has 8 nitrogen and oxygen atoms in total. The molecule has 2 aliphatic heterocycles. The van der Waals surface area contributed by atoms with Crippen LogP contribution in [0.4, 0.5) is 0 Å². The van der Waals surface area contributed by atoms with E-state index in [1.807, 2.05) is 19.9 Å². The lowest BCUT2D eigenvalue weighted by molar-refractivity contribution is -0.151. The van der Waals surface area contributed by atoms with Gasteiger partial charge in [0.05, 0.1) is 10.9 Å². The first-order valence-corrected chi connectivity index (χ1v) is 11.2. The Bertz CT molecular complexity index is 938. The van der Waals surface area contributed by atoms with Crippen LogP contribution < -0.4 is 4.72 Å². The normalized spacial score (nSPS) is 17.8. The van der Waals surface area contributed by atoms with Gasteiger partial charge in [-0.2, -0.15) is 0 Å². The number of rotatable bonds is 6. The first kappa shape index (κ1) is 21.4. The Morgan fingerprint density at radius 2 is 1.55 bits per heavy atom. The maximum absolute atomic E-state index is 12.8. The van der Waals surface area contributed by atoms with E-state index in [1.54, 1.807) is 18.7 Å². The van der Waals surface area contributed by atoms with Gasteiger partial charge in [0.2, 0.25) is 27.7 Å². The van der Waals surface area contributed by atoms with E-state index in [0.717, 1.165) is 11.1 Å². The molecule has 1 aromatic carbocycles. The lowest BCUT2D eigenvalue weighted by atomic mass is 10.0. The Balaban J connectivity index is 1.55. The third kappa shape index (κ3) is 4.06. The summed E-state index contributed by atoms with van der Waals surface area (Å²) < 4.78 is 28.1. The number of likely N-dealkylation sites (tertiary alicyclic amines) is 2. The molecule has 0 saturated carbocycles. The van der Waals surface area contributed by atoms with Gasteiger partial charge < -0.3 is 4.90 Å². The molecule has 2 fully saturated rings. The second-order valence-electron chi connectivity index (χ2n) is 7.85. The Hall–Kier alpha value is -2.26. The summed E-state index contributed by atoms with van der Waals surface area (Å²) in [5, 5.41) is 0. The van der Waals surface area contributed by atoms with E-state index in [9.17, 15) is 22.8 Å². The maximum Gasteiger partial charge on any atom is 0.241 e. The Labute approximate surface area is 171 Å². The predicted molar refractivity (Wildman–Crippen MR) is 107 cm³/mol. The van der Waals surface area contributed by atoms with Crippen LogP contribution >= 0.6 is 0 Å². The molecular formula is C20H27N3O5S. The molecule has 0 bridgehead atoms. The summed E-state index contributed by atoms with van der Waals surface area (Å²) in [5.41, 5.74) is 3.22. The fourth-order valence-corrected chi connectivity index (χ4v) is 5.57. The van der Waals surface area contributed by atoms with Gasteiger partial charge in [0, 0.05) is 38.9 Å². The highest BCUT2D eigenvalue weighted by atomic mass is 32.2. The number of hydrogen-bond acceptors (Lipinski definition) is 5. The van der Waals surface area contributed by atoms with Gasteiger partial charge in [0.25, 0.3) is 0 Å². The molecule has 2 heterocycles. The summed E-state index contributed by atoms with van der Waals surface area (Å²) in [7, 11) is -3.73. The first-order chi connectivity index (χ1) is 13.5. The lowest BCUT2D eigenvalue weighted by Crippen LogP contribution is -2.62. The lowest BCUT2D eigenvalue weighted by Gasteiger charge is -2.43. The number of nitrogens with one attached hydrogen (secondary N) is 1. The highest BCUT2D eigenvalue weighted by Crippen LogP contribution is 2.26. The third-order valence-electron chi connectivity index (χ3n) is 5.87. The Morgan fingerprint density at radius 3 is 2.07 bits per heavy atom. The monoisotopic (exact) mass is 421 g/mol. The molecule has 0 atom stereocenters. The van der Waals surface area contributed by atoms with Crippen molar-refractivity contribution in [3.8, 4) is 0 Å². The number of hydrogen-bond donors (Lipinski definition) is 1. The third-order valence-corrected chi connectivity index (χ3v) is 7.60. The van der Waals surface area contributed by atoms with Crippen LogP contribution in [0.25, 0.3) is 0 Å². The number of aryl methyl sites for hydroxylation is 2. The van der Waals surface area contributed by atoms with Crippen LogP contribution in [0.15, 0.2) is 11.0 Å². The topological polar surface area (TPSA) is 104 Å². The molecule has 0 radical (unpaired) electrons. The largest absolute Gasteiger partial charge is 0.338 e. The summed E-state index contributed by atoms with van der Waals surface area (Å²) in [6, 6.07) is 1.71. The van der Waals surface area contributed by atoms with Gasteiger partial charge in [-0.25, -0.2) is 13.1 Å². The van der Waals surface area contributed by atoms with E-state index in [4.69, 9.17) is 0 Å². The predicted octanol–water partition coefficient (Wildman–Crippen LogP) is 0.948. The van der Waals surface area contributed by atoms with Crippen LogP contribution in [-0.2, 0) is 24.4 Å². The minimum atomic E-state index is -3.73. The number of amides is 3. The standard InChI is InChI=1S/C20H27N3O5S/c1-12-9-13(2)15(4)20(14(12)3)29(27,28)21-8-7-17(24)22-10-16(11-22)23-18(25)5-6-19(23)26/h9,16,21H,5-8,10-11H2,1-4H3. The Kier molecular flexibility index (Phi) is 5.82. The molecule has 3 amide bonds. The highest BCUT2D eigenvalue weighted by Gasteiger charge is 2.42. The summed E-state index contributed by atoms with van der Waals surface area (Å²) in [5.74, 6) is -0.560. The van der Waals surface area contributed by atoms with Gasteiger partial charge in [-0.1, -0.05) is 6.07 Å². The molecule has 0 aliphatic carbocycles. The number of carbonyl (C=O) groups excluding carboxylic acids is 3. The van der Waals surface area contributed by atoms with Crippen molar-refractivity contribution >= 4 is 27.7 Å². The number of imide groups is 1. The maximum atomic E-state index is 12.8. The van der Waals surface area contributed by atoms with E-state index < -0.39 is 10.0 Å². The van der Waals surface area contributed by atoms with Crippen molar-refractivity contribution in [1.29, 1.82) is 0 Å². The van der Waals surface area contributed by atoms with Crippen molar-refractivity contribution in [2.45, 2.75) is 57.9 Å². The molecule has 158 valence electrons. The summed E-state index contributed by atoms with van der Waals surface area (Å²) in [6.07, 6.45) is 0.501. The summed E-state index contributed by atoms with van der Waals surface area (Å²) in [6.45, 7) is 7.94. The van der Waals surface area contributed by atoms with Crippen LogP contribution in [0.1, 0.15) is 41.5 Å². The summed E-state index contributed by atoms with van der Waals surface area (Å²) >= 11 is 0. The van der Waals surface area contributed by atoms with Crippen LogP contribution in [0.2, 0.25) is 0 Å². The van der Waals surface area contributed by atoms with Crippen molar-refractivity contribution in [3.63, 3.8) is 0 Å². The van der Waals surface area contributed by atoms with Crippen LogP contribution in [0.5, 0.6) is 0 Å². The van der Waals surface area contributed by atoms with E-state index in [-0.39, 0.29) is 54.5 Å². The molecule has 9 heteroatoms. The van der Waals surface area contributed by atoms with Crippen molar-refractivity contribution in [3.05, 3.63) is 28.3 Å². The Morgan fingerprint density at radius 1 is 1.03 bits per heavy atom. The molecule has 1 aromatic rings. The van der Waals surface area contributed by atoms with Gasteiger partial charge >= 0.3 is 0 Å². The number of carbonyl (C=O) groups is 3. The van der Waals surface area contributed by atoms with Crippen molar-refractivity contribution in [1.82, 2.24) is 14.5 Å². The zero-order valence-electron chi connectivity index (χ0n) is 17.2. The molecule has 1 N–H and O–H groups in total. The average Bonchev–Trinajstić information content (AvgIpc) is 2.91. The van der Waals surface area contributed by atoms with E-state index in [0.29, 0.717) is 24.2 Å². The SMILES string of the molecule is Cc1cc(C)c(C)c(S(=O)(=O)NCCC(=O)N2CC(N3C(=O)CCC3=O)C2)c1C. The smallest absolute Gasteiger partial charge is 0.241 e. The van der Waals surface area contributed by atoms with Gasteiger partial charge in [-0.15, -0.1) is 0 Å². The molecular weight excluding hydrogens is 394 g/mol. The van der Waals surface area contributed by atoms with Crippen molar-refractivity contribution < 1.29 is 22.8 Å². The minimum absolute atomic E-state index is 0.00419. The van der Waals surface area contributed by atoms with Gasteiger partial charge in [0.1, 0.15) is 0 Å². The average molecular weight is 422 g/mol. The molecule has 2 aliphatic rings. The van der Waals surface area contributed by atoms with Crippen LogP contribution in [0.3, 0.4) is 0 Å². The van der Waals surface area contributed by atoms with Gasteiger partial charge in [-0.3, -0.25) is 19.3 Å². The van der Waals surface area contributed by atoms with E-state index >= 15 is 0 Å². The summed E-state index contributed by atoms with van der Waals surface area (Å²) in [4.78, 5) is 38.9. The molecule has 0 aromatic heterocycles. The van der Waals surface area contributed by atoms with Crippen LogP contribution in [-0.4, -0.2) is 61.6 Å². The number of nitrogens with zero attached hydrogens (tertiary/aromatic N) is 2. The van der Waals surface area contributed by atoms with E-state index in [2.05, 4.69) is 4.72 Å².